The summed E-state index contributed by atoms with van der Waals surface area (Å²) in [5, 5.41) is 4.23. The molecule has 1 aromatic carbocycles. The van der Waals surface area contributed by atoms with Crippen LogP contribution in [0.25, 0.3) is 0 Å². The lowest BCUT2D eigenvalue weighted by Crippen LogP contribution is -2.17. The van der Waals surface area contributed by atoms with E-state index in [4.69, 9.17) is 0 Å². The van der Waals surface area contributed by atoms with E-state index in [2.05, 4.69) is 10.3 Å². The molecule has 18 heavy (non-hydrogen) atoms. The summed E-state index contributed by atoms with van der Waals surface area (Å²) in [7, 11) is 0. The van der Waals surface area contributed by atoms with Crippen LogP contribution in [-0.2, 0) is 6.54 Å². The first kappa shape index (κ1) is 13.1. The van der Waals surface area contributed by atoms with Crippen molar-refractivity contribution in [1.82, 2.24) is 10.3 Å². The normalized spacial score (nSPS) is 12.7. The Bertz CT molecular complexity index is 519. The summed E-state index contributed by atoms with van der Waals surface area (Å²) in [6.07, 6.45) is 1.81. The molecule has 1 unspecified atom stereocenters. The molecule has 2 nitrogen and oxygen atoms in total. The van der Waals surface area contributed by atoms with E-state index in [1.165, 1.54) is 12.1 Å². The lowest BCUT2D eigenvalue weighted by molar-refractivity contribution is 0.547. The second-order valence-electron chi connectivity index (χ2n) is 4.15. The Morgan fingerprint density at radius 3 is 2.50 bits per heavy atom. The quantitative estimate of drug-likeness (QED) is 0.916. The molecule has 0 fully saturated rings. The molecule has 2 aromatic rings. The highest BCUT2D eigenvalue weighted by molar-refractivity contribution is 7.11. The Balaban J connectivity index is 2.01. The van der Waals surface area contributed by atoms with Gasteiger partial charge in [-0.25, -0.2) is 13.8 Å². The molecule has 0 saturated heterocycles. The SMILES string of the molecule is Cc1ncc(CNC(C)c2cc(F)cc(F)c2)s1. The zero-order valence-corrected chi connectivity index (χ0v) is 11.0. The molecule has 96 valence electrons. The molecule has 0 aliphatic carbocycles. The van der Waals surface area contributed by atoms with Crippen LogP contribution in [0, 0.1) is 18.6 Å². The fourth-order valence-electron chi connectivity index (χ4n) is 1.68. The standard InChI is InChI=1S/C13H14F2N2S/c1-8(10-3-11(14)5-12(15)4-10)16-6-13-7-17-9(2)18-13/h3-5,7-8,16H,6H2,1-2H3. The minimum absolute atomic E-state index is 0.113. The van der Waals surface area contributed by atoms with Crippen molar-refractivity contribution in [1.29, 1.82) is 0 Å². The maximum absolute atomic E-state index is 13.1. The van der Waals surface area contributed by atoms with Gasteiger partial charge in [-0.3, -0.25) is 0 Å². The van der Waals surface area contributed by atoms with E-state index < -0.39 is 11.6 Å². The number of hydrogen-bond donors (Lipinski definition) is 1. The molecule has 1 aromatic heterocycles. The van der Waals surface area contributed by atoms with Gasteiger partial charge in [0, 0.05) is 29.7 Å². The molecule has 0 aliphatic rings. The fraction of sp³-hybridized carbons (Fsp3) is 0.308. The third kappa shape index (κ3) is 3.34. The Morgan fingerprint density at radius 2 is 1.94 bits per heavy atom. The first-order chi connectivity index (χ1) is 8.54. The van der Waals surface area contributed by atoms with Gasteiger partial charge in [0.05, 0.1) is 5.01 Å². The first-order valence-electron chi connectivity index (χ1n) is 5.65. The van der Waals surface area contributed by atoms with E-state index in [1.54, 1.807) is 11.3 Å². The molecule has 1 heterocycles. The second kappa shape index (κ2) is 5.54. The van der Waals surface area contributed by atoms with E-state index in [9.17, 15) is 8.78 Å². The molecule has 5 heteroatoms. The summed E-state index contributed by atoms with van der Waals surface area (Å²) in [6, 6.07) is 3.46. The van der Waals surface area contributed by atoms with Gasteiger partial charge in [0.1, 0.15) is 11.6 Å². The predicted octanol–water partition coefficient (Wildman–Crippen LogP) is 3.58. The van der Waals surface area contributed by atoms with Crippen molar-refractivity contribution in [3.05, 3.63) is 51.5 Å². The summed E-state index contributed by atoms with van der Waals surface area (Å²) >= 11 is 1.61. The summed E-state index contributed by atoms with van der Waals surface area (Å²) in [5.74, 6) is -1.10. The van der Waals surface area contributed by atoms with Gasteiger partial charge in [0.2, 0.25) is 0 Å². The number of benzene rings is 1. The van der Waals surface area contributed by atoms with Crippen LogP contribution in [0.5, 0.6) is 0 Å². The summed E-state index contributed by atoms with van der Waals surface area (Å²) < 4.78 is 26.2. The van der Waals surface area contributed by atoms with E-state index >= 15 is 0 Å². The first-order valence-corrected chi connectivity index (χ1v) is 6.47. The van der Waals surface area contributed by atoms with Crippen LogP contribution in [0.1, 0.15) is 28.4 Å². The molecule has 0 radical (unpaired) electrons. The summed E-state index contributed by atoms with van der Waals surface area (Å²) in [6.45, 7) is 4.46. The van der Waals surface area contributed by atoms with E-state index in [-0.39, 0.29) is 6.04 Å². The van der Waals surface area contributed by atoms with Crippen LogP contribution in [0.4, 0.5) is 8.78 Å². The maximum atomic E-state index is 13.1. The number of rotatable bonds is 4. The second-order valence-corrected chi connectivity index (χ2v) is 5.47. The Morgan fingerprint density at radius 1 is 1.28 bits per heavy atom. The maximum Gasteiger partial charge on any atom is 0.126 e. The monoisotopic (exact) mass is 268 g/mol. The number of halogens is 2. The lowest BCUT2D eigenvalue weighted by Gasteiger charge is -2.13. The zero-order valence-electron chi connectivity index (χ0n) is 10.2. The smallest absolute Gasteiger partial charge is 0.126 e. The minimum Gasteiger partial charge on any atom is -0.305 e. The number of nitrogens with one attached hydrogen (secondary N) is 1. The van der Waals surface area contributed by atoms with E-state index in [1.807, 2.05) is 20.0 Å². The van der Waals surface area contributed by atoms with Gasteiger partial charge in [-0.05, 0) is 31.5 Å². The Kier molecular flexibility index (Phi) is 4.04. The van der Waals surface area contributed by atoms with Gasteiger partial charge in [-0.1, -0.05) is 0 Å². The number of aryl methyl sites for hydroxylation is 1. The minimum atomic E-state index is -0.549. The molecule has 1 atom stereocenters. The molecule has 2 rings (SSSR count). The van der Waals surface area contributed by atoms with E-state index in [0.717, 1.165) is 16.0 Å². The van der Waals surface area contributed by atoms with Gasteiger partial charge >= 0.3 is 0 Å². The molecule has 1 N–H and O–H groups in total. The molecule has 0 amide bonds. The van der Waals surface area contributed by atoms with Gasteiger partial charge in [-0.2, -0.15) is 0 Å². The highest BCUT2D eigenvalue weighted by Gasteiger charge is 2.09. The van der Waals surface area contributed by atoms with Crippen molar-refractivity contribution in [2.24, 2.45) is 0 Å². The molecule has 0 bridgehead atoms. The van der Waals surface area contributed by atoms with Crippen molar-refractivity contribution in [2.45, 2.75) is 26.4 Å². The third-order valence-corrected chi connectivity index (χ3v) is 3.55. The molecule has 0 spiro atoms. The Hall–Kier alpha value is -1.33. The average Bonchev–Trinajstić information content (AvgIpc) is 2.70. The highest BCUT2D eigenvalue weighted by atomic mass is 32.1. The van der Waals surface area contributed by atoms with Crippen LogP contribution in [0.3, 0.4) is 0 Å². The zero-order chi connectivity index (χ0) is 13.1. The van der Waals surface area contributed by atoms with Crippen LogP contribution < -0.4 is 5.32 Å². The number of nitrogens with zero attached hydrogens (tertiary/aromatic N) is 1. The summed E-state index contributed by atoms with van der Waals surface area (Å²) in [5.41, 5.74) is 0.605. The molecule has 0 saturated carbocycles. The Labute approximate surface area is 109 Å². The fourth-order valence-corrected chi connectivity index (χ4v) is 2.43. The van der Waals surface area contributed by atoms with Gasteiger partial charge in [0.15, 0.2) is 0 Å². The van der Waals surface area contributed by atoms with Gasteiger partial charge in [-0.15, -0.1) is 11.3 Å². The van der Waals surface area contributed by atoms with Gasteiger partial charge in [0.25, 0.3) is 0 Å². The third-order valence-electron chi connectivity index (χ3n) is 2.64. The largest absolute Gasteiger partial charge is 0.305 e. The number of thiazole rings is 1. The molecular formula is C13H14F2N2S. The molecular weight excluding hydrogens is 254 g/mol. The summed E-state index contributed by atoms with van der Waals surface area (Å²) in [4.78, 5) is 5.26. The van der Waals surface area contributed by atoms with Crippen LogP contribution in [0.2, 0.25) is 0 Å². The number of aromatic nitrogens is 1. The lowest BCUT2D eigenvalue weighted by atomic mass is 10.1. The van der Waals surface area contributed by atoms with Crippen LogP contribution in [0.15, 0.2) is 24.4 Å². The topological polar surface area (TPSA) is 24.9 Å². The van der Waals surface area contributed by atoms with Crippen molar-refractivity contribution in [3.8, 4) is 0 Å². The van der Waals surface area contributed by atoms with Gasteiger partial charge < -0.3 is 5.32 Å². The average molecular weight is 268 g/mol. The van der Waals surface area contributed by atoms with E-state index in [0.29, 0.717) is 12.1 Å². The molecule has 0 aliphatic heterocycles. The van der Waals surface area contributed by atoms with Crippen molar-refractivity contribution < 1.29 is 8.78 Å². The highest BCUT2D eigenvalue weighted by Crippen LogP contribution is 2.18. The van der Waals surface area contributed by atoms with Crippen molar-refractivity contribution in [2.75, 3.05) is 0 Å². The van der Waals surface area contributed by atoms with Crippen molar-refractivity contribution >= 4 is 11.3 Å². The number of hydrogen-bond acceptors (Lipinski definition) is 3. The van der Waals surface area contributed by atoms with Crippen LogP contribution in [-0.4, -0.2) is 4.98 Å². The van der Waals surface area contributed by atoms with Crippen LogP contribution >= 0.6 is 11.3 Å². The van der Waals surface area contributed by atoms with Crippen molar-refractivity contribution in [3.63, 3.8) is 0 Å². The predicted molar refractivity (Wildman–Crippen MR) is 68.5 cm³/mol.